The zero-order chi connectivity index (χ0) is 21.1. The van der Waals surface area contributed by atoms with Gasteiger partial charge < -0.3 is 19.8 Å². The predicted molar refractivity (Wildman–Crippen MR) is 112 cm³/mol. The standard InChI is InChI=1S/C23H31NO5/c1-14(10-11-25)21-15(2)12-16(3)22(29-21)19-20(26)18(13-24(28-4)23(19)27)17-8-6-5-7-9-17/h5-9,13-16,21-22,25-26H,10-12H2,1-4H3/t14-,15+,16-,21-,22-/m1/s1. The SMILES string of the molecule is COn1cc(-c2ccccc2)c(O)c([C@@H]2O[C@H]([C@H](C)CCO)[C@@H](C)C[C@H]2C)c1=O. The van der Waals surface area contributed by atoms with Gasteiger partial charge in [-0.25, -0.2) is 0 Å². The van der Waals surface area contributed by atoms with E-state index in [9.17, 15) is 15.0 Å². The lowest BCUT2D eigenvalue weighted by molar-refractivity contribution is -0.134. The van der Waals surface area contributed by atoms with Crippen LogP contribution in [0.5, 0.6) is 5.75 Å². The number of benzene rings is 1. The first-order valence-corrected chi connectivity index (χ1v) is 10.2. The van der Waals surface area contributed by atoms with E-state index in [1.807, 2.05) is 37.3 Å². The van der Waals surface area contributed by atoms with Crippen molar-refractivity contribution in [2.75, 3.05) is 13.7 Å². The Kier molecular flexibility index (Phi) is 6.65. The van der Waals surface area contributed by atoms with E-state index in [2.05, 4.69) is 13.8 Å². The van der Waals surface area contributed by atoms with Gasteiger partial charge in [-0.3, -0.25) is 4.79 Å². The molecule has 1 aliphatic heterocycles. The molecule has 5 atom stereocenters. The van der Waals surface area contributed by atoms with Gasteiger partial charge in [-0.2, -0.15) is 4.73 Å². The maximum absolute atomic E-state index is 13.1. The minimum Gasteiger partial charge on any atom is -0.507 e. The Morgan fingerprint density at radius 1 is 1.24 bits per heavy atom. The molecule has 1 fully saturated rings. The molecular weight excluding hydrogens is 370 g/mol. The molecule has 1 aliphatic rings. The number of nitrogens with zero attached hydrogens (tertiary/aromatic N) is 1. The van der Waals surface area contributed by atoms with Crippen molar-refractivity contribution >= 4 is 0 Å². The summed E-state index contributed by atoms with van der Waals surface area (Å²) >= 11 is 0. The molecule has 0 saturated carbocycles. The van der Waals surface area contributed by atoms with Crippen LogP contribution < -0.4 is 10.4 Å². The summed E-state index contributed by atoms with van der Waals surface area (Å²) in [5.41, 5.74) is 1.13. The summed E-state index contributed by atoms with van der Waals surface area (Å²) in [4.78, 5) is 18.4. The largest absolute Gasteiger partial charge is 0.507 e. The number of aliphatic hydroxyl groups excluding tert-OH is 1. The molecule has 29 heavy (non-hydrogen) atoms. The molecule has 3 rings (SSSR count). The van der Waals surface area contributed by atoms with Crippen molar-refractivity contribution in [2.45, 2.75) is 45.8 Å². The smallest absolute Gasteiger partial charge is 0.292 e. The lowest BCUT2D eigenvalue weighted by Gasteiger charge is -2.42. The number of aliphatic hydroxyl groups is 1. The first-order chi connectivity index (χ1) is 13.9. The Hall–Kier alpha value is -2.31. The number of aromatic nitrogens is 1. The number of rotatable bonds is 6. The van der Waals surface area contributed by atoms with Crippen molar-refractivity contribution in [1.29, 1.82) is 0 Å². The van der Waals surface area contributed by atoms with E-state index in [4.69, 9.17) is 9.57 Å². The van der Waals surface area contributed by atoms with Gasteiger partial charge >= 0.3 is 0 Å². The summed E-state index contributed by atoms with van der Waals surface area (Å²) < 4.78 is 7.57. The van der Waals surface area contributed by atoms with Crippen molar-refractivity contribution in [3.05, 3.63) is 52.4 Å². The highest BCUT2D eigenvalue weighted by Crippen LogP contribution is 2.44. The van der Waals surface area contributed by atoms with Crippen LogP contribution >= 0.6 is 0 Å². The minimum absolute atomic E-state index is 0.0532. The Morgan fingerprint density at radius 3 is 2.55 bits per heavy atom. The summed E-state index contributed by atoms with van der Waals surface area (Å²) in [6.45, 7) is 6.33. The van der Waals surface area contributed by atoms with Crippen molar-refractivity contribution in [3.8, 4) is 16.9 Å². The number of hydrogen-bond donors (Lipinski definition) is 2. The molecule has 6 nitrogen and oxygen atoms in total. The highest BCUT2D eigenvalue weighted by Gasteiger charge is 2.40. The van der Waals surface area contributed by atoms with Gasteiger partial charge in [0.25, 0.3) is 5.56 Å². The van der Waals surface area contributed by atoms with Crippen LogP contribution in [0.4, 0.5) is 0 Å². The molecule has 1 aromatic carbocycles. The molecule has 2 heterocycles. The second-order valence-electron chi connectivity index (χ2n) is 8.19. The molecule has 1 saturated heterocycles. The maximum atomic E-state index is 13.1. The maximum Gasteiger partial charge on any atom is 0.292 e. The summed E-state index contributed by atoms with van der Waals surface area (Å²) in [5.74, 6) is 0.438. The third-order valence-corrected chi connectivity index (χ3v) is 6.02. The Labute approximate surface area is 171 Å². The Morgan fingerprint density at radius 2 is 1.93 bits per heavy atom. The first-order valence-electron chi connectivity index (χ1n) is 10.2. The van der Waals surface area contributed by atoms with Gasteiger partial charge in [0.1, 0.15) is 12.9 Å². The topological polar surface area (TPSA) is 80.9 Å². The van der Waals surface area contributed by atoms with Crippen LogP contribution in [0.3, 0.4) is 0 Å². The molecule has 0 spiro atoms. The molecular formula is C23H31NO5. The van der Waals surface area contributed by atoms with E-state index < -0.39 is 11.7 Å². The molecule has 2 aromatic rings. The zero-order valence-electron chi connectivity index (χ0n) is 17.5. The molecule has 0 amide bonds. The lowest BCUT2D eigenvalue weighted by Crippen LogP contribution is -2.41. The fourth-order valence-corrected chi connectivity index (χ4v) is 4.52. The van der Waals surface area contributed by atoms with Gasteiger partial charge in [-0.1, -0.05) is 51.1 Å². The highest BCUT2D eigenvalue weighted by atomic mass is 16.6. The monoisotopic (exact) mass is 401 g/mol. The molecule has 0 radical (unpaired) electrons. The average Bonchev–Trinajstić information content (AvgIpc) is 2.70. The van der Waals surface area contributed by atoms with Crippen molar-refractivity contribution in [3.63, 3.8) is 0 Å². The summed E-state index contributed by atoms with van der Waals surface area (Å²) in [6.07, 6.45) is 2.37. The molecule has 158 valence electrons. The average molecular weight is 402 g/mol. The van der Waals surface area contributed by atoms with E-state index in [-0.39, 0.29) is 35.9 Å². The molecule has 6 heteroatoms. The third kappa shape index (κ3) is 4.19. The van der Waals surface area contributed by atoms with Crippen molar-refractivity contribution < 1.29 is 19.8 Å². The van der Waals surface area contributed by atoms with Gasteiger partial charge in [0.2, 0.25) is 0 Å². The van der Waals surface area contributed by atoms with E-state index in [0.717, 1.165) is 16.7 Å². The summed E-state index contributed by atoms with van der Waals surface area (Å²) in [6, 6.07) is 9.41. The van der Waals surface area contributed by atoms with Crippen LogP contribution in [0, 0.1) is 17.8 Å². The van der Waals surface area contributed by atoms with Crippen LogP contribution in [0.1, 0.15) is 45.3 Å². The predicted octanol–water partition coefficient (Wildman–Crippen LogP) is 3.40. The van der Waals surface area contributed by atoms with E-state index >= 15 is 0 Å². The Bertz CT molecular complexity index is 875. The molecule has 1 aromatic heterocycles. The molecule has 0 bridgehead atoms. The van der Waals surface area contributed by atoms with Gasteiger partial charge in [0.15, 0.2) is 0 Å². The number of hydrogen-bond acceptors (Lipinski definition) is 5. The van der Waals surface area contributed by atoms with Crippen LogP contribution in [0.25, 0.3) is 11.1 Å². The van der Waals surface area contributed by atoms with Crippen LogP contribution in [-0.4, -0.2) is 34.8 Å². The van der Waals surface area contributed by atoms with Gasteiger partial charge in [-0.05, 0) is 36.2 Å². The van der Waals surface area contributed by atoms with Crippen LogP contribution in [0.15, 0.2) is 41.3 Å². The fraction of sp³-hybridized carbons (Fsp3) is 0.522. The van der Waals surface area contributed by atoms with Gasteiger partial charge in [0, 0.05) is 12.2 Å². The van der Waals surface area contributed by atoms with E-state index in [1.54, 1.807) is 0 Å². The normalized spacial score (nSPS) is 25.6. The molecule has 0 aliphatic carbocycles. The quantitative estimate of drug-likeness (QED) is 0.775. The minimum atomic E-state index is -0.546. The first kappa shape index (κ1) is 21.4. The summed E-state index contributed by atoms with van der Waals surface area (Å²) in [5, 5.41) is 20.5. The second-order valence-corrected chi connectivity index (χ2v) is 8.19. The van der Waals surface area contributed by atoms with E-state index in [0.29, 0.717) is 17.9 Å². The van der Waals surface area contributed by atoms with E-state index in [1.165, 1.54) is 13.3 Å². The number of aromatic hydroxyl groups is 1. The van der Waals surface area contributed by atoms with Crippen LogP contribution in [0.2, 0.25) is 0 Å². The summed E-state index contributed by atoms with van der Waals surface area (Å²) in [7, 11) is 1.43. The number of ether oxygens (including phenoxy) is 1. The van der Waals surface area contributed by atoms with Gasteiger partial charge in [0.05, 0.1) is 24.0 Å². The third-order valence-electron chi connectivity index (χ3n) is 6.02. The van der Waals surface area contributed by atoms with Gasteiger partial charge in [-0.15, -0.1) is 0 Å². The highest BCUT2D eigenvalue weighted by molar-refractivity contribution is 5.70. The van der Waals surface area contributed by atoms with Crippen molar-refractivity contribution in [1.82, 2.24) is 4.73 Å². The van der Waals surface area contributed by atoms with Crippen LogP contribution in [-0.2, 0) is 4.74 Å². The zero-order valence-corrected chi connectivity index (χ0v) is 17.5. The second kappa shape index (κ2) is 9.01. The van der Waals surface area contributed by atoms with Crippen molar-refractivity contribution in [2.24, 2.45) is 17.8 Å². The fourth-order valence-electron chi connectivity index (χ4n) is 4.52. The Balaban J connectivity index is 2.10. The number of pyridine rings is 1. The molecule has 2 N–H and O–H groups in total. The lowest BCUT2D eigenvalue weighted by atomic mass is 9.79. The molecule has 0 unspecified atom stereocenters.